The van der Waals surface area contributed by atoms with Gasteiger partial charge in [-0.25, -0.2) is 4.98 Å². The average molecular weight is 383 g/mol. The van der Waals surface area contributed by atoms with Crippen LogP contribution in [0.15, 0.2) is 46.4 Å². The second kappa shape index (κ2) is 7.63. The summed E-state index contributed by atoms with van der Waals surface area (Å²) >= 11 is 1.37. The first-order chi connectivity index (χ1) is 13.2. The Bertz CT molecular complexity index is 965. The first kappa shape index (κ1) is 17.3. The summed E-state index contributed by atoms with van der Waals surface area (Å²) < 4.78 is 10.5. The van der Waals surface area contributed by atoms with Crippen molar-refractivity contribution in [2.45, 2.75) is 12.8 Å². The predicted molar refractivity (Wildman–Crippen MR) is 101 cm³/mol. The van der Waals surface area contributed by atoms with Crippen LogP contribution in [0.2, 0.25) is 0 Å². The van der Waals surface area contributed by atoms with Crippen molar-refractivity contribution in [2.24, 2.45) is 0 Å². The lowest BCUT2D eigenvalue weighted by Crippen LogP contribution is -2.27. The molecule has 27 heavy (non-hydrogen) atoms. The van der Waals surface area contributed by atoms with Crippen molar-refractivity contribution in [3.8, 4) is 17.0 Å². The molecule has 2 N–H and O–H groups in total. The minimum absolute atomic E-state index is 0.150. The first-order valence-electron chi connectivity index (χ1n) is 8.52. The molecule has 1 aliphatic rings. The highest BCUT2D eigenvalue weighted by molar-refractivity contribution is 7.14. The predicted octanol–water partition coefficient (Wildman–Crippen LogP) is 3.10. The van der Waals surface area contributed by atoms with Crippen LogP contribution >= 0.6 is 11.3 Å². The fourth-order valence-electron chi connectivity index (χ4n) is 2.78. The summed E-state index contributed by atoms with van der Waals surface area (Å²) in [5, 5.41) is 7.84. The molecular weight excluding hydrogens is 366 g/mol. The molecule has 0 saturated heterocycles. The monoisotopic (exact) mass is 383 g/mol. The number of benzene rings is 1. The maximum atomic E-state index is 12.0. The summed E-state index contributed by atoms with van der Waals surface area (Å²) in [4.78, 5) is 28.2. The van der Waals surface area contributed by atoms with Gasteiger partial charge in [0.05, 0.1) is 18.6 Å². The van der Waals surface area contributed by atoms with Crippen LogP contribution in [-0.4, -0.2) is 29.9 Å². The first-order valence-corrected chi connectivity index (χ1v) is 9.40. The van der Waals surface area contributed by atoms with Crippen LogP contribution in [0, 0.1) is 0 Å². The van der Waals surface area contributed by atoms with E-state index in [4.69, 9.17) is 9.15 Å². The Hall–Kier alpha value is -3.13. The van der Waals surface area contributed by atoms with Crippen LogP contribution in [0.25, 0.3) is 11.3 Å². The van der Waals surface area contributed by atoms with Gasteiger partial charge >= 0.3 is 0 Å². The molecule has 2 amide bonds. The number of anilines is 1. The number of hydrogen-bond donors (Lipinski definition) is 2. The fourth-order valence-corrected chi connectivity index (χ4v) is 3.51. The molecule has 0 atom stereocenters. The number of ether oxygens (including phenoxy) is 1. The molecule has 1 aromatic carbocycles. The summed E-state index contributed by atoms with van der Waals surface area (Å²) in [6.07, 6.45) is 2.48. The number of rotatable bonds is 6. The van der Waals surface area contributed by atoms with E-state index in [2.05, 4.69) is 21.7 Å². The lowest BCUT2D eigenvalue weighted by Gasteiger charge is -2.04. The molecule has 3 heterocycles. The van der Waals surface area contributed by atoms with E-state index in [9.17, 15) is 9.59 Å². The molecule has 1 aliphatic heterocycles. The molecule has 3 aromatic rings. The Morgan fingerprint density at radius 1 is 1.26 bits per heavy atom. The van der Waals surface area contributed by atoms with E-state index in [-0.39, 0.29) is 30.5 Å². The summed E-state index contributed by atoms with van der Waals surface area (Å²) in [6.45, 7) is 0.933. The molecule has 0 aliphatic carbocycles. The quantitative estimate of drug-likeness (QED) is 0.682. The molecule has 2 aromatic heterocycles. The molecule has 0 unspecified atom stereocenters. The van der Waals surface area contributed by atoms with Gasteiger partial charge in [-0.2, -0.15) is 0 Å². The zero-order valence-electron chi connectivity index (χ0n) is 14.4. The number of nitrogens with one attached hydrogen (secondary N) is 2. The van der Waals surface area contributed by atoms with Crippen molar-refractivity contribution in [3.63, 3.8) is 0 Å². The standard InChI is InChI=1S/C19H17N3O4S/c23-17(5-7-20-18(24)16-2-1-8-25-16)22-19-21-14(11-27-19)12-3-4-15-13(10-12)6-9-26-15/h1-4,8,10-11H,5-7,9H2,(H,20,24)(H,21,22,23). The van der Waals surface area contributed by atoms with Crippen molar-refractivity contribution < 1.29 is 18.7 Å². The number of aromatic nitrogens is 1. The smallest absolute Gasteiger partial charge is 0.286 e. The highest BCUT2D eigenvalue weighted by atomic mass is 32.1. The second-order valence-electron chi connectivity index (χ2n) is 5.99. The Kier molecular flexibility index (Phi) is 4.88. The van der Waals surface area contributed by atoms with Gasteiger partial charge in [0.15, 0.2) is 10.9 Å². The van der Waals surface area contributed by atoms with Crippen molar-refractivity contribution >= 4 is 28.3 Å². The zero-order chi connectivity index (χ0) is 18.6. The van der Waals surface area contributed by atoms with Gasteiger partial charge in [-0.05, 0) is 35.9 Å². The summed E-state index contributed by atoms with van der Waals surface area (Å²) in [7, 11) is 0. The van der Waals surface area contributed by atoms with Crippen molar-refractivity contribution in [2.75, 3.05) is 18.5 Å². The van der Waals surface area contributed by atoms with Crippen molar-refractivity contribution in [3.05, 3.63) is 53.3 Å². The Morgan fingerprint density at radius 3 is 3.04 bits per heavy atom. The topological polar surface area (TPSA) is 93.5 Å². The number of nitrogens with zero attached hydrogens (tertiary/aromatic N) is 1. The lowest BCUT2D eigenvalue weighted by molar-refractivity contribution is -0.116. The summed E-state index contributed by atoms with van der Waals surface area (Å²) in [5.41, 5.74) is 3.00. The maximum Gasteiger partial charge on any atom is 0.286 e. The van der Waals surface area contributed by atoms with Gasteiger partial charge in [0.25, 0.3) is 5.91 Å². The highest BCUT2D eigenvalue weighted by Gasteiger charge is 2.15. The molecule has 0 bridgehead atoms. The minimum Gasteiger partial charge on any atom is -0.493 e. The third-order valence-electron chi connectivity index (χ3n) is 4.12. The lowest BCUT2D eigenvalue weighted by atomic mass is 10.1. The molecular formula is C19H17N3O4S. The normalized spacial score (nSPS) is 12.3. The zero-order valence-corrected chi connectivity index (χ0v) is 15.2. The average Bonchev–Trinajstić information content (AvgIpc) is 3.42. The molecule has 0 fully saturated rings. The van der Waals surface area contributed by atoms with Gasteiger partial charge < -0.3 is 19.8 Å². The van der Waals surface area contributed by atoms with E-state index in [1.807, 2.05) is 17.5 Å². The van der Waals surface area contributed by atoms with Crippen LogP contribution in [-0.2, 0) is 11.2 Å². The van der Waals surface area contributed by atoms with Crippen LogP contribution < -0.4 is 15.4 Å². The third kappa shape index (κ3) is 4.01. The van der Waals surface area contributed by atoms with Gasteiger partial charge in [0.2, 0.25) is 5.91 Å². The Labute approximate surface area is 159 Å². The third-order valence-corrected chi connectivity index (χ3v) is 4.88. The highest BCUT2D eigenvalue weighted by Crippen LogP contribution is 2.31. The number of thiazole rings is 1. The van der Waals surface area contributed by atoms with Gasteiger partial charge in [0.1, 0.15) is 5.75 Å². The maximum absolute atomic E-state index is 12.0. The molecule has 8 heteroatoms. The van der Waals surface area contributed by atoms with Gasteiger partial charge in [-0.15, -0.1) is 11.3 Å². The van der Waals surface area contributed by atoms with Gasteiger partial charge in [-0.3, -0.25) is 9.59 Å². The Balaban J connectivity index is 1.30. The van der Waals surface area contributed by atoms with E-state index >= 15 is 0 Å². The number of hydrogen-bond acceptors (Lipinski definition) is 6. The van der Waals surface area contributed by atoms with E-state index in [0.717, 1.165) is 23.4 Å². The van der Waals surface area contributed by atoms with E-state index in [1.165, 1.54) is 23.2 Å². The number of carbonyl (C=O) groups excluding carboxylic acids is 2. The Morgan fingerprint density at radius 2 is 2.19 bits per heavy atom. The van der Waals surface area contributed by atoms with Crippen LogP contribution in [0.3, 0.4) is 0 Å². The van der Waals surface area contributed by atoms with Crippen molar-refractivity contribution in [1.82, 2.24) is 10.3 Å². The molecule has 138 valence electrons. The van der Waals surface area contributed by atoms with Crippen LogP contribution in [0.5, 0.6) is 5.75 Å². The number of fused-ring (bicyclic) bond motifs is 1. The molecule has 0 radical (unpaired) electrons. The molecule has 4 rings (SSSR count). The van der Waals surface area contributed by atoms with Crippen LogP contribution in [0.4, 0.5) is 5.13 Å². The molecule has 7 nitrogen and oxygen atoms in total. The van der Waals surface area contributed by atoms with Crippen molar-refractivity contribution in [1.29, 1.82) is 0 Å². The van der Waals surface area contributed by atoms with E-state index in [1.54, 1.807) is 12.1 Å². The number of furan rings is 1. The van der Waals surface area contributed by atoms with Gasteiger partial charge in [0, 0.05) is 30.3 Å². The molecule has 0 saturated carbocycles. The largest absolute Gasteiger partial charge is 0.493 e. The number of amides is 2. The van der Waals surface area contributed by atoms with E-state index < -0.39 is 0 Å². The SMILES string of the molecule is O=C(CCNC(=O)c1ccco1)Nc1nc(-c2ccc3c(c2)CCO3)cs1. The second-order valence-corrected chi connectivity index (χ2v) is 6.85. The summed E-state index contributed by atoms with van der Waals surface area (Å²) in [5.74, 6) is 0.599. The van der Waals surface area contributed by atoms with Gasteiger partial charge in [-0.1, -0.05) is 0 Å². The van der Waals surface area contributed by atoms with E-state index in [0.29, 0.717) is 11.7 Å². The molecule has 0 spiro atoms. The fraction of sp³-hybridized carbons (Fsp3) is 0.211. The number of carbonyl (C=O) groups is 2. The minimum atomic E-state index is -0.343. The van der Waals surface area contributed by atoms with Crippen LogP contribution in [0.1, 0.15) is 22.5 Å². The summed E-state index contributed by atoms with van der Waals surface area (Å²) in [6, 6.07) is 9.20.